The summed E-state index contributed by atoms with van der Waals surface area (Å²) < 4.78 is 317. The van der Waals surface area contributed by atoms with Crippen LogP contribution < -0.4 is 0 Å². The Morgan fingerprint density at radius 1 is 0.432 bits per heavy atom. The van der Waals surface area contributed by atoms with Crippen LogP contribution in [0.4, 0.5) is 101 Å². The number of halogens is 23. The molecule has 0 heterocycles. The Labute approximate surface area is 229 Å². The maximum Gasteiger partial charge on any atom is 0.438 e. The molecule has 0 aromatic heterocycles. The van der Waals surface area contributed by atoms with Gasteiger partial charge >= 0.3 is 65.4 Å². The van der Waals surface area contributed by atoms with Crippen molar-refractivity contribution < 1.29 is 110 Å². The normalized spacial score (nSPS) is 16.8. The second-order valence-electron chi connectivity index (χ2n) is 8.83. The van der Waals surface area contributed by atoms with E-state index in [9.17, 15) is 101 Å². The van der Waals surface area contributed by atoms with Crippen molar-refractivity contribution in [2.45, 2.75) is 98.2 Å². The Bertz CT molecular complexity index is 936. The van der Waals surface area contributed by atoms with Crippen LogP contribution in [0.15, 0.2) is 0 Å². The lowest BCUT2D eigenvalue weighted by molar-refractivity contribution is -0.481. The molecule has 266 valence electrons. The quantitative estimate of drug-likeness (QED) is 0.117. The molecule has 1 unspecified atom stereocenters. The Balaban J connectivity index is 6.70. The molecule has 0 aliphatic carbocycles. The third-order valence-electron chi connectivity index (χ3n) is 5.80. The van der Waals surface area contributed by atoms with Crippen molar-refractivity contribution in [1.82, 2.24) is 0 Å². The van der Waals surface area contributed by atoms with Gasteiger partial charge in [0, 0.05) is 6.42 Å². The van der Waals surface area contributed by atoms with E-state index in [0.717, 1.165) is 0 Å². The Hall–Kier alpha value is -1.69. The minimum atomic E-state index is -9.47. The summed E-state index contributed by atoms with van der Waals surface area (Å²) in [6.45, 7) is -0.159. The number of rotatable bonds is 16. The molecule has 0 radical (unpaired) electrons. The lowest BCUT2D eigenvalue weighted by Gasteiger charge is -2.46. The maximum atomic E-state index is 13.8. The van der Waals surface area contributed by atoms with Crippen molar-refractivity contribution in [2.24, 2.45) is 0 Å². The van der Waals surface area contributed by atoms with E-state index in [2.05, 4.69) is 4.74 Å². The fourth-order valence-electron chi connectivity index (χ4n) is 2.83. The maximum absolute atomic E-state index is 13.8. The zero-order valence-corrected chi connectivity index (χ0v) is 21.1. The van der Waals surface area contributed by atoms with E-state index in [4.69, 9.17) is 4.74 Å². The molecule has 0 aliphatic rings. The molecule has 0 bridgehead atoms. The van der Waals surface area contributed by atoms with E-state index < -0.39 is 97.7 Å². The van der Waals surface area contributed by atoms with E-state index in [1.165, 1.54) is 6.92 Å². The van der Waals surface area contributed by atoms with Gasteiger partial charge in [-0.1, -0.05) is 6.92 Å². The summed E-state index contributed by atoms with van der Waals surface area (Å²) in [6, 6.07) is 0. The van der Waals surface area contributed by atoms with Gasteiger partial charge in [-0.2, -0.15) is 96.6 Å². The summed E-state index contributed by atoms with van der Waals surface area (Å²) in [5.74, 6) is -70.4. The molecule has 0 fully saturated rings. The topological polar surface area (TPSA) is 18.5 Å². The molecule has 0 rings (SSSR count). The van der Waals surface area contributed by atoms with E-state index in [-0.39, 0.29) is 0 Å². The van der Waals surface area contributed by atoms with E-state index in [0.29, 0.717) is 6.42 Å². The Morgan fingerprint density at radius 3 is 1.07 bits per heavy atom. The molecule has 0 saturated heterocycles. The summed E-state index contributed by atoms with van der Waals surface area (Å²) in [5.41, 5.74) is -9.02. The van der Waals surface area contributed by atoms with Crippen LogP contribution in [-0.2, 0) is 9.47 Å². The molecule has 0 aromatic rings. The molecular formula is C19H17F23O2. The number of alkyl halides is 23. The minimum absolute atomic E-state index is 0.347. The molecule has 44 heavy (non-hydrogen) atoms. The van der Waals surface area contributed by atoms with E-state index in [1.807, 2.05) is 0 Å². The highest BCUT2D eigenvalue weighted by atomic mass is 19.4. The molecule has 0 aromatic carbocycles. The molecular weight excluding hydrogens is 697 g/mol. The predicted octanol–water partition coefficient (Wildman–Crippen LogP) is 9.12. The average Bonchev–Trinajstić information content (AvgIpc) is 2.82. The van der Waals surface area contributed by atoms with Crippen LogP contribution in [0, 0.1) is 0 Å². The summed E-state index contributed by atoms with van der Waals surface area (Å²) in [5, 5.41) is 0. The average molecular weight is 714 g/mol. The lowest BCUT2D eigenvalue weighted by Crippen LogP contribution is -2.79. The first-order chi connectivity index (χ1) is 19.0. The van der Waals surface area contributed by atoms with Gasteiger partial charge in [-0.15, -0.1) is 0 Å². The first kappa shape index (κ1) is 42.3. The molecule has 2 nitrogen and oxygen atoms in total. The van der Waals surface area contributed by atoms with Crippen molar-refractivity contribution >= 4 is 0 Å². The van der Waals surface area contributed by atoms with Crippen LogP contribution in [0.3, 0.4) is 0 Å². The smallest absolute Gasteiger partial charge is 0.379 e. The van der Waals surface area contributed by atoms with Crippen LogP contribution >= 0.6 is 0 Å². The number of hydrogen-bond donors (Lipinski definition) is 0. The minimum Gasteiger partial charge on any atom is -0.379 e. The van der Waals surface area contributed by atoms with Crippen molar-refractivity contribution in [2.75, 3.05) is 19.8 Å². The molecule has 0 amide bonds. The van der Waals surface area contributed by atoms with Gasteiger partial charge in [0.1, 0.15) is 0 Å². The van der Waals surface area contributed by atoms with Gasteiger partial charge in [-0.05, 0) is 13.3 Å². The molecule has 0 aliphatic heterocycles. The second-order valence-corrected chi connectivity index (χ2v) is 8.83. The van der Waals surface area contributed by atoms with Gasteiger partial charge in [0.2, 0.25) is 0 Å². The van der Waals surface area contributed by atoms with E-state index >= 15 is 0 Å². The van der Waals surface area contributed by atoms with Crippen LogP contribution in [0.25, 0.3) is 0 Å². The van der Waals surface area contributed by atoms with Gasteiger partial charge < -0.3 is 9.47 Å². The SMILES string of the molecule is CCC(C)OCCOCCC(F)(F)C(F)(F)C(F)(F)C(F)(F)C(F)(F)C(F)(F)C(F)(F)C(F)(F)C(F)(C(F)(F)F)C(F)(F)F. The summed E-state index contributed by atoms with van der Waals surface area (Å²) in [6.07, 6.45) is -20.1. The fourth-order valence-corrected chi connectivity index (χ4v) is 2.83. The van der Waals surface area contributed by atoms with Crippen molar-refractivity contribution in [3.63, 3.8) is 0 Å². The van der Waals surface area contributed by atoms with Crippen molar-refractivity contribution in [3.05, 3.63) is 0 Å². The van der Waals surface area contributed by atoms with Crippen LogP contribution in [0.1, 0.15) is 26.7 Å². The Morgan fingerprint density at radius 2 is 0.750 bits per heavy atom. The fraction of sp³-hybridized carbons (Fsp3) is 1.00. The molecule has 0 spiro atoms. The van der Waals surface area contributed by atoms with Crippen LogP contribution in [0.2, 0.25) is 0 Å². The van der Waals surface area contributed by atoms with Gasteiger partial charge in [-0.25, -0.2) is 4.39 Å². The van der Waals surface area contributed by atoms with Gasteiger partial charge in [-0.3, -0.25) is 0 Å². The predicted molar refractivity (Wildman–Crippen MR) is 96.7 cm³/mol. The zero-order valence-electron chi connectivity index (χ0n) is 21.1. The largest absolute Gasteiger partial charge is 0.438 e. The number of ether oxygens (including phenoxy) is 2. The first-order valence-electron chi connectivity index (χ1n) is 11.0. The van der Waals surface area contributed by atoms with Gasteiger partial charge in [0.15, 0.2) is 0 Å². The highest BCUT2D eigenvalue weighted by molar-refractivity contribution is 5.20. The third-order valence-corrected chi connectivity index (χ3v) is 5.80. The molecule has 25 heteroatoms. The van der Waals surface area contributed by atoms with E-state index in [1.54, 1.807) is 6.92 Å². The molecule has 0 saturated carbocycles. The lowest BCUT2D eigenvalue weighted by atomic mass is 9.82. The van der Waals surface area contributed by atoms with Crippen molar-refractivity contribution in [3.8, 4) is 0 Å². The summed E-state index contributed by atoms with van der Waals surface area (Å²) in [4.78, 5) is 0. The van der Waals surface area contributed by atoms with Gasteiger partial charge in [0.25, 0.3) is 0 Å². The zero-order chi connectivity index (χ0) is 36.0. The first-order valence-corrected chi connectivity index (χ1v) is 11.0. The summed E-state index contributed by atoms with van der Waals surface area (Å²) >= 11 is 0. The highest BCUT2D eigenvalue weighted by Gasteiger charge is 2.99. The molecule has 1 atom stereocenters. The monoisotopic (exact) mass is 714 g/mol. The third kappa shape index (κ3) is 6.19. The highest BCUT2D eigenvalue weighted by Crippen LogP contribution is 2.67. The second kappa shape index (κ2) is 12.2. The standard InChI is InChI=1S/C19H17F23O2/c1-3-8(2)44-7-6-43-5-4-9(20,21)11(23,24)13(27,28)15(31,32)17(35,36)16(33,34)14(29,30)12(25,26)10(22,18(37,38)39)19(40,41)42/h8H,3-7H2,1-2H3. The van der Waals surface area contributed by atoms with Crippen molar-refractivity contribution in [1.29, 1.82) is 0 Å². The van der Waals surface area contributed by atoms with Crippen LogP contribution in [-0.4, -0.2) is 91.3 Å². The summed E-state index contributed by atoms with van der Waals surface area (Å²) in [7, 11) is 0. The van der Waals surface area contributed by atoms with Crippen LogP contribution in [0.5, 0.6) is 0 Å². The number of hydrogen-bond acceptors (Lipinski definition) is 2. The Kier molecular flexibility index (Phi) is 11.7. The molecule has 0 N–H and O–H groups in total. The van der Waals surface area contributed by atoms with Gasteiger partial charge in [0.05, 0.1) is 25.9 Å².